The van der Waals surface area contributed by atoms with E-state index in [4.69, 9.17) is 11.6 Å². The first-order chi connectivity index (χ1) is 6.33. The minimum atomic E-state index is -0.104. The van der Waals surface area contributed by atoms with Gasteiger partial charge < -0.3 is 0 Å². The van der Waals surface area contributed by atoms with Crippen LogP contribution < -0.4 is 0 Å². The van der Waals surface area contributed by atoms with Gasteiger partial charge in [0.15, 0.2) is 0 Å². The van der Waals surface area contributed by atoms with Crippen LogP contribution in [0.2, 0.25) is 0 Å². The second kappa shape index (κ2) is 3.34. The van der Waals surface area contributed by atoms with Gasteiger partial charge in [-0.25, -0.2) is 4.68 Å². The number of nitrogens with zero attached hydrogens (tertiary/aromatic N) is 3. The first kappa shape index (κ1) is 8.51. The molecular formula is C9H10ClN3. The molecule has 2 aromatic rings. The van der Waals surface area contributed by atoms with Crippen molar-refractivity contribution in [3.05, 3.63) is 24.3 Å². The molecule has 1 aromatic heterocycles. The van der Waals surface area contributed by atoms with E-state index >= 15 is 0 Å². The average Bonchev–Trinajstić information content (AvgIpc) is 2.60. The van der Waals surface area contributed by atoms with E-state index in [1.807, 2.05) is 31.2 Å². The standard InChI is InChI=1S/C9H10ClN3/c1-2-9(10)13-8-6-4-3-5-7(8)11-12-13/h3-6,9H,2H2,1H3/t9-/m1/s1. The SMILES string of the molecule is CC[C@H](Cl)n1nnc2ccccc21. The summed E-state index contributed by atoms with van der Waals surface area (Å²) in [6.07, 6.45) is 0.842. The van der Waals surface area contributed by atoms with Crippen molar-refractivity contribution in [3.63, 3.8) is 0 Å². The van der Waals surface area contributed by atoms with Crippen LogP contribution in [0, 0.1) is 0 Å². The van der Waals surface area contributed by atoms with Crippen LogP contribution >= 0.6 is 11.6 Å². The van der Waals surface area contributed by atoms with E-state index in [0.717, 1.165) is 17.5 Å². The molecule has 13 heavy (non-hydrogen) atoms. The summed E-state index contributed by atoms with van der Waals surface area (Å²) in [5.74, 6) is 0. The van der Waals surface area contributed by atoms with Gasteiger partial charge in [0, 0.05) is 0 Å². The van der Waals surface area contributed by atoms with Crippen molar-refractivity contribution in [2.75, 3.05) is 0 Å². The van der Waals surface area contributed by atoms with E-state index in [1.54, 1.807) is 4.68 Å². The van der Waals surface area contributed by atoms with Gasteiger partial charge in [0.25, 0.3) is 0 Å². The molecule has 0 unspecified atom stereocenters. The summed E-state index contributed by atoms with van der Waals surface area (Å²) in [7, 11) is 0. The fourth-order valence-corrected chi connectivity index (χ4v) is 1.41. The Morgan fingerprint density at radius 3 is 3.00 bits per heavy atom. The summed E-state index contributed by atoms with van der Waals surface area (Å²) in [6, 6.07) is 7.80. The molecule has 0 fully saturated rings. The monoisotopic (exact) mass is 195 g/mol. The molecule has 3 nitrogen and oxygen atoms in total. The molecule has 0 spiro atoms. The molecule has 68 valence electrons. The van der Waals surface area contributed by atoms with Crippen LogP contribution in [-0.4, -0.2) is 15.0 Å². The molecule has 1 aromatic carbocycles. The Morgan fingerprint density at radius 2 is 2.23 bits per heavy atom. The summed E-state index contributed by atoms with van der Waals surface area (Å²) in [5.41, 5.74) is 1.78. The summed E-state index contributed by atoms with van der Waals surface area (Å²) < 4.78 is 1.75. The van der Waals surface area contributed by atoms with Crippen LogP contribution in [0.3, 0.4) is 0 Å². The van der Waals surface area contributed by atoms with Gasteiger partial charge in [0.05, 0.1) is 5.52 Å². The Labute approximate surface area is 81.3 Å². The zero-order valence-electron chi connectivity index (χ0n) is 7.31. The number of fused-ring (bicyclic) bond motifs is 1. The molecule has 0 aliphatic rings. The van der Waals surface area contributed by atoms with Crippen molar-refractivity contribution in [2.45, 2.75) is 18.8 Å². The van der Waals surface area contributed by atoms with Crippen molar-refractivity contribution in [3.8, 4) is 0 Å². The number of aromatic nitrogens is 3. The van der Waals surface area contributed by atoms with Gasteiger partial charge in [-0.1, -0.05) is 35.9 Å². The van der Waals surface area contributed by atoms with Crippen LogP contribution in [0.1, 0.15) is 18.8 Å². The fourth-order valence-electron chi connectivity index (χ4n) is 1.27. The highest BCUT2D eigenvalue weighted by atomic mass is 35.5. The van der Waals surface area contributed by atoms with E-state index < -0.39 is 0 Å². The van der Waals surface area contributed by atoms with Gasteiger partial charge in [0.1, 0.15) is 11.0 Å². The van der Waals surface area contributed by atoms with Crippen molar-refractivity contribution in [2.24, 2.45) is 0 Å². The van der Waals surface area contributed by atoms with Gasteiger partial charge in [-0.2, -0.15) is 0 Å². The Balaban J connectivity index is 2.57. The van der Waals surface area contributed by atoms with E-state index in [1.165, 1.54) is 0 Å². The van der Waals surface area contributed by atoms with Crippen molar-refractivity contribution in [1.29, 1.82) is 0 Å². The average molecular weight is 196 g/mol. The van der Waals surface area contributed by atoms with Crippen molar-refractivity contribution in [1.82, 2.24) is 15.0 Å². The second-order valence-corrected chi connectivity index (χ2v) is 3.37. The topological polar surface area (TPSA) is 30.7 Å². The summed E-state index contributed by atoms with van der Waals surface area (Å²) in [4.78, 5) is 0. The molecule has 0 saturated carbocycles. The molecule has 0 bridgehead atoms. The van der Waals surface area contributed by atoms with Gasteiger partial charge in [-0.15, -0.1) is 5.10 Å². The Bertz CT molecular complexity index is 410. The fraction of sp³-hybridized carbons (Fsp3) is 0.333. The lowest BCUT2D eigenvalue weighted by molar-refractivity contribution is 0.571. The first-order valence-electron chi connectivity index (χ1n) is 4.27. The van der Waals surface area contributed by atoms with Crippen LogP contribution in [-0.2, 0) is 0 Å². The summed E-state index contributed by atoms with van der Waals surface area (Å²) in [6.45, 7) is 2.02. The van der Waals surface area contributed by atoms with Crippen LogP contribution in [0.25, 0.3) is 11.0 Å². The van der Waals surface area contributed by atoms with Crippen LogP contribution in [0.15, 0.2) is 24.3 Å². The second-order valence-electron chi connectivity index (χ2n) is 2.87. The minimum absolute atomic E-state index is 0.104. The van der Waals surface area contributed by atoms with Gasteiger partial charge in [-0.05, 0) is 18.6 Å². The third kappa shape index (κ3) is 1.40. The van der Waals surface area contributed by atoms with E-state index in [9.17, 15) is 0 Å². The quantitative estimate of drug-likeness (QED) is 0.690. The summed E-state index contributed by atoms with van der Waals surface area (Å²) >= 11 is 6.07. The molecule has 4 heteroatoms. The van der Waals surface area contributed by atoms with Crippen LogP contribution in [0.4, 0.5) is 0 Å². The zero-order valence-corrected chi connectivity index (χ0v) is 8.07. The lowest BCUT2D eigenvalue weighted by atomic mass is 10.3. The molecule has 0 aliphatic heterocycles. The molecule has 1 atom stereocenters. The van der Waals surface area contributed by atoms with Gasteiger partial charge in [0.2, 0.25) is 0 Å². The first-order valence-corrected chi connectivity index (χ1v) is 4.70. The predicted octanol–water partition coefficient (Wildman–Crippen LogP) is 2.58. The van der Waals surface area contributed by atoms with Crippen molar-refractivity contribution >= 4 is 22.6 Å². The molecule has 0 N–H and O–H groups in total. The predicted molar refractivity (Wildman–Crippen MR) is 52.7 cm³/mol. The lowest BCUT2D eigenvalue weighted by Crippen LogP contribution is -2.02. The van der Waals surface area contributed by atoms with Crippen molar-refractivity contribution < 1.29 is 0 Å². The third-order valence-corrected chi connectivity index (χ3v) is 2.47. The highest BCUT2D eigenvalue weighted by Gasteiger charge is 2.09. The molecule has 0 saturated heterocycles. The molecule has 0 amide bonds. The minimum Gasteiger partial charge on any atom is -0.227 e. The molecule has 0 aliphatic carbocycles. The molecule has 1 heterocycles. The molecule has 2 rings (SSSR count). The normalized spacial score (nSPS) is 13.4. The highest BCUT2D eigenvalue weighted by molar-refractivity contribution is 6.19. The number of hydrogen-bond donors (Lipinski definition) is 0. The number of rotatable bonds is 2. The molecular weight excluding hydrogens is 186 g/mol. The number of hydrogen-bond acceptors (Lipinski definition) is 2. The Hall–Kier alpha value is -1.09. The maximum Gasteiger partial charge on any atom is 0.127 e. The third-order valence-electron chi connectivity index (χ3n) is 1.98. The zero-order chi connectivity index (χ0) is 9.26. The number of halogens is 1. The van der Waals surface area contributed by atoms with E-state index in [-0.39, 0.29) is 5.50 Å². The van der Waals surface area contributed by atoms with E-state index in [2.05, 4.69) is 10.3 Å². The summed E-state index contributed by atoms with van der Waals surface area (Å²) in [5, 5.41) is 8.02. The Morgan fingerprint density at radius 1 is 1.46 bits per heavy atom. The Kier molecular flexibility index (Phi) is 2.19. The van der Waals surface area contributed by atoms with E-state index in [0.29, 0.717) is 0 Å². The number of alkyl halides is 1. The maximum atomic E-state index is 6.07. The van der Waals surface area contributed by atoms with Gasteiger partial charge in [-0.3, -0.25) is 0 Å². The van der Waals surface area contributed by atoms with Gasteiger partial charge >= 0.3 is 0 Å². The number of para-hydroxylation sites is 1. The number of benzene rings is 1. The maximum absolute atomic E-state index is 6.07. The highest BCUT2D eigenvalue weighted by Crippen LogP contribution is 2.20. The smallest absolute Gasteiger partial charge is 0.127 e. The lowest BCUT2D eigenvalue weighted by Gasteiger charge is -2.05. The van der Waals surface area contributed by atoms with Crippen LogP contribution in [0.5, 0.6) is 0 Å². The largest absolute Gasteiger partial charge is 0.227 e. The molecule has 0 radical (unpaired) electrons.